The number of hydrogen-bond donors (Lipinski definition) is 4. The number of carbonyl (C=O) groups excluding carboxylic acids is 2. The van der Waals surface area contributed by atoms with Gasteiger partial charge in [0, 0.05) is 97.3 Å². The maximum absolute atomic E-state index is 16.6. The summed E-state index contributed by atoms with van der Waals surface area (Å²) in [7, 11) is 1.63. The van der Waals surface area contributed by atoms with Crippen molar-refractivity contribution in [1.82, 2.24) is 40.6 Å². The van der Waals surface area contributed by atoms with Gasteiger partial charge in [0.2, 0.25) is 11.8 Å². The lowest BCUT2D eigenvalue weighted by Crippen LogP contribution is -2.40. The van der Waals surface area contributed by atoms with Gasteiger partial charge in [0.05, 0.1) is 36.2 Å². The maximum Gasteiger partial charge on any atom is 0.220 e. The van der Waals surface area contributed by atoms with Gasteiger partial charge in [0.1, 0.15) is 11.6 Å². The molecule has 3 aliphatic heterocycles. The number of hydrogen-bond acceptors (Lipinski definition) is 9. The van der Waals surface area contributed by atoms with Gasteiger partial charge in [0.15, 0.2) is 6.39 Å². The summed E-state index contributed by atoms with van der Waals surface area (Å²) in [4.78, 5) is 34.8. The first-order chi connectivity index (χ1) is 33.2. The van der Waals surface area contributed by atoms with E-state index in [1.807, 2.05) is 33.0 Å². The van der Waals surface area contributed by atoms with E-state index in [0.29, 0.717) is 43.7 Å². The maximum atomic E-state index is 16.6. The van der Waals surface area contributed by atoms with E-state index in [9.17, 15) is 9.59 Å². The molecule has 2 aromatic carbocycles. The van der Waals surface area contributed by atoms with Crippen molar-refractivity contribution in [3.63, 3.8) is 0 Å². The second kappa shape index (κ2) is 27.6. The van der Waals surface area contributed by atoms with Crippen LogP contribution in [0.4, 0.5) is 4.39 Å². The zero-order valence-electron chi connectivity index (χ0n) is 43.0. The molecule has 4 N–H and O–H groups in total. The van der Waals surface area contributed by atoms with Crippen molar-refractivity contribution < 1.29 is 18.4 Å². The normalized spacial score (nSPS) is 17.2. The zero-order valence-corrected chi connectivity index (χ0v) is 43.0. The molecular weight excluding hydrogens is 866 g/mol. The van der Waals surface area contributed by atoms with Gasteiger partial charge in [-0.15, -0.1) is 0 Å². The lowest BCUT2D eigenvalue weighted by Gasteiger charge is -2.30. The van der Waals surface area contributed by atoms with Crippen LogP contribution in [0, 0.1) is 11.7 Å². The molecule has 0 radical (unpaired) electrons. The number of fused-ring (bicyclic) bond motifs is 5. The van der Waals surface area contributed by atoms with E-state index >= 15 is 4.39 Å². The smallest absolute Gasteiger partial charge is 0.220 e. The van der Waals surface area contributed by atoms with E-state index in [4.69, 9.17) is 4.42 Å². The summed E-state index contributed by atoms with van der Waals surface area (Å²) in [5.74, 6) is 1.41. The number of oxazole rings is 1. The Balaban J connectivity index is 0.000000652. The van der Waals surface area contributed by atoms with Crippen LogP contribution < -0.4 is 21.3 Å². The third-order valence-electron chi connectivity index (χ3n) is 12.7. The minimum atomic E-state index is -0.289. The van der Waals surface area contributed by atoms with Crippen LogP contribution in [-0.4, -0.2) is 83.2 Å². The molecule has 0 bridgehead atoms. The molecule has 2 fully saturated rings. The summed E-state index contributed by atoms with van der Waals surface area (Å²) in [5, 5.41) is 13.5. The summed E-state index contributed by atoms with van der Waals surface area (Å²) < 4.78 is 24.7. The summed E-state index contributed by atoms with van der Waals surface area (Å²) in [6, 6.07) is 12.2. The van der Waals surface area contributed by atoms with Crippen molar-refractivity contribution >= 4 is 40.8 Å². The van der Waals surface area contributed by atoms with Crippen molar-refractivity contribution in [1.29, 1.82) is 0 Å². The number of aliphatic imine (C=N–C) groups is 1. The number of nitrogens with zero attached hydrogens (tertiary/aromatic N) is 5. The molecule has 0 spiro atoms. The standard InChI is InChI=1S/C44H51FN8O2.C5H12.C4H9NO.C3H8/c1-7-36(50-29(5)38-13-11-16-51(38)9-3)31-19-33-22-40(42-26-47-27-55-42)53-39-15-14-30(18-32(39)21-41(53)44(33)35(45)20-31)37(25-46-6)48-24-34-12-10-17-52(34)28(4)23-49-43(54)8-2;1-4-5(2)3;1-3-4(6)5-2;1-3-2/h7,9,14-15,18-21,25-27,34,38,40,48,50H,3-6,8,10-13,16-17,22-24H2,1-2H3,(H,49,54);5H,4H2,1-3H3;3H2,1-2H3,(H,5,6);3H2,1-2H3/b36-7-,37-25-;;;/t34?,38-,40?;;;/m1.../s1. The number of carbonyl (C=O) groups is 2. The molecule has 3 aliphatic rings. The minimum absolute atomic E-state index is 0.0145. The van der Waals surface area contributed by atoms with Crippen LogP contribution in [0.3, 0.4) is 0 Å². The predicted octanol–water partition coefficient (Wildman–Crippen LogP) is 11.4. The molecule has 7 rings (SSSR count). The number of nitrogens with one attached hydrogen (secondary N) is 4. The van der Waals surface area contributed by atoms with Crippen LogP contribution in [-0.2, 0) is 16.0 Å². The highest BCUT2D eigenvalue weighted by atomic mass is 19.1. The highest BCUT2D eigenvalue weighted by Gasteiger charge is 2.33. The largest absolute Gasteiger partial charge is 0.446 e. The second-order valence-corrected chi connectivity index (χ2v) is 18.0. The molecule has 3 atom stereocenters. The predicted molar refractivity (Wildman–Crippen MR) is 285 cm³/mol. The van der Waals surface area contributed by atoms with E-state index in [2.05, 4.69) is 137 Å². The van der Waals surface area contributed by atoms with Gasteiger partial charge in [-0.1, -0.05) is 93.2 Å². The first kappa shape index (κ1) is 55.2. The molecule has 0 aliphatic carbocycles. The van der Waals surface area contributed by atoms with Gasteiger partial charge in [-0.2, -0.15) is 0 Å². The fraction of sp³-hybridized carbons (Fsp3) is 0.464. The molecule has 2 amide bonds. The number of aromatic nitrogens is 2. The Labute approximate surface area is 412 Å². The second-order valence-electron chi connectivity index (χ2n) is 18.0. The van der Waals surface area contributed by atoms with Gasteiger partial charge >= 0.3 is 0 Å². The monoisotopic (exact) mass is 946 g/mol. The molecular formula is C56H80FN9O3. The Morgan fingerprint density at radius 2 is 1.68 bits per heavy atom. The highest BCUT2D eigenvalue weighted by molar-refractivity contribution is 5.91. The number of halogens is 1. The lowest BCUT2D eigenvalue weighted by atomic mass is 9.90. The molecule has 2 saturated heterocycles. The fourth-order valence-electron chi connectivity index (χ4n) is 8.68. The number of amides is 2. The van der Waals surface area contributed by atoms with Gasteiger partial charge in [-0.25, -0.2) is 9.37 Å². The van der Waals surface area contributed by atoms with E-state index in [-0.39, 0.29) is 35.8 Å². The van der Waals surface area contributed by atoms with Crippen LogP contribution in [0.15, 0.2) is 108 Å². The first-order valence-electron chi connectivity index (χ1n) is 24.9. The van der Waals surface area contributed by atoms with E-state index < -0.39 is 0 Å². The van der Waals surface area contributed by atoms with Crippen LogP contribution in [0.2, 0.25) is 0 Å². The first-order valence-corrected chi connectivity index (χ1v) is 24.9. The van der Waals surface area contributed by atoms with Crippen LogP contribution in [0.1, 0.15) is 135 Å². The summed E-state index contributed by atoms with van der Waals surface area (Å²) in [5.41, 5.74) is 8.34. The molecule has 13 heteroatoms. The average Bonchev–Trinajstić information content (AvgIpc) is 4.21. The Hall–Kier alpha value is -6.37. The van der Waals surface area contributed by atoms with Gasteiger partial charge in [-0.3, -0.25) is 14.6 Å². The van der Waals surface area contributed by atoms with Crippen LogP contribution in [0.5, 0.6) is 0 Å². The van der Waals surface area contributed by atoms with Crippen molar-refractivity contribution in [3.8, 4) is 11.3 Å². The number of allylic oxidation sites excluding steroid dienone is 1. The Bertz CT molecular complexity index is 2410. The van der Waals surface area contributed by atoms with E-state index in [0.717, 1.165) is 101 Å². The van der Waals surface area contributed by atoms with Crippen LogP contribution >= 0.6 is 0 Å². The van der Waals surface area contributed by atoms with Gasteiger partial charge in [-0.05, 0) is 92.9 Å². The third-order valence-corrected chi connectivity index (χ3v) is 12.7. The molecule has 0 saturated carbocycles. The Morgan fingerprint density at radius 3 is 2.28 bits per heavy atom. The van der Waals surface area contributed by atoms with Crippen molar-refractivity contribution in [2.75, 3.05) is 33.2 Å². The van der Waals surface area contributed by atoms with Crippen molar-refractivity contribution in [2.45, 2.75) is 131 Å². The lowest BCUT2D eigenvalue weighted by molar-refractivity contribution is -0.121. The topological polar surface area (TPSA) is 132 Å². The quantitative estimate of drug-likeness (QED) is 0.0770. The summed E-state index contributed by atoms with van der Waals surface area (Å²) in [6.45, 7) is 35.8. The van der Waals surface area contributed by atoms with Gasteiger partial charge in [0.25, 0.3) is 0 Å². The molecule has 2 aromatic heterocycles. The van der Waals surface area contributed by atoms with Gasteiger partial charge < -0.3 is 40.1 Å². The SMILES string of the molecule is C=CN1CCC[C@@H]1C(=C)N/C(=C\C)c1cc(F)c2c(c1)CC(c1cnco1)n1c-2cc2cc(/C(=C/N=C)NCC3CCCN3C(=C)CNC(=O)CC)ccc21.CCC.CCC(=O)NC.CCC(C)C. The number of rotatable bonds is 17. The molecule has 69 heavy (non-hydrogen) atoms. The summed E-state index contributed by atoms with van der Waals surface area (Å²) >= 11 is 0. The van der Waals surface area contributed by atoms with Crippen LogP contribution in [0.25, 0.3) is 33.6 Å². The van der Waals surface area contributed by atoms with E-state index in [1.54, 1.807) is 25.5 Å². The van der Waals surface area contributed by atoms with E-state index in [1.165, 1.54) is 19.2 Å². The fourth-order valence-corrected chi connectivity index (χ4v) is 8.68. The molecule has 4 aromatic rings. The Morgan fingerprint density at radius 1 is 0.971 bits per heavy atom. The zero-order chi connectivity index (χ0) is 50.6. The molecule has 5 heterocycles. The minimum Gasteiger partial charge on any atom is -0.446 e. The molecule has 2 unspecified atom stereocenters. The third kappa shape index (κ3) is 14.6. The molecule has 374 valence electrons. The number of benzene rings is 2. The number of likely N-dealkylation sites (tertiary alicyclic amines) is 2. The van der Waals surface area contributed by atoms with Crippen molar-refractivity contribution in [2.24, 2.45) is 10.9 Å². The molecule has 12 nitrogen and oxygen atoms in total. The van der Waals surface area contributed by atoms with Crippen molar-refractivity contribution in [3.05, 3.63) is 127 Å². The Kier molecular flexibility index (Phi) is 22.1. The summed E-state index contributed by atoms with van der Waals surface area (Å²) in [6.07, 6.45) is 17.0. The average molecular weight is 946 g/mol. The highest BCUT2D eigenvalue weighted by Crippen LogP contribution is 2.44.